The second-order valence-corrected chi connectivity index (χ2v) is 9.25. The highest BCUT2D eigenvalue weighted by Gasteiger charge is 2.24. The molecule has 2 aliphatic heterocycles. The van der Waals surface area contributed by atoms with Crippen LogP contribution in [0.25, 0.3) is 0 Å². The summed E-state index contributed by atoms with van der Waals surface area (Å²) in [6.45, 7) is 8.71. The summed E-state index contributed by atoms with van der Waals surface area (Å²) in [5.41, 5.74) is 1.17. The van der Waals surface area contributed by atoms with Gasteiger partial charge in [0.15, 0.2) is 11.7 Å². The SMILES string of the molecule is COc1ccc(OCC(=O)N2CCN(c3nc(CN4CCC(C)CC4)cs3)CC2)cc1. The topological polar surface area (TPSA) is 58.1 Å². The largest absolute Gasteiger partial charge is 0.497 e. The van der Waals surface area contributed by atoms with Gasteiger partial charge in [-0.25, -0.2) is 4.98 Å². The van der Waals surface area contributed by atoms with Crippen LogP contribution in [0.4, 0.5) is 5.13 Å². The van der Waals surface area contributed by atoms with Gasteiger partial charge in [-0.05, 0) is 56.1 Å². The lowest BCUT2D eigenvalue weighted by atomic mass is 9.99. The number of piperidine rings is 1. The summed E-state index contributed by atoms with van der Waals surface area (Å²) in [6, 6.07) is 7.28. The first-order chi connectivity index (χ1) is 15.1. The van der Waals surface area contributed by atoms with E-state index in [4.69, 9.17) is 14.5 Å². The monoisotopic (exact) mass is 444 g/mol. The van der Waals surface area contributed by atoms with Crippen molar-refractivity contribution >= 4 is 22.4 Å². The van der Waals surface area contributed by atoms with E-state index in [0.717, 1.165) is 36.4 Å². The van der Waals surface area contributed by atoms with Crippen molar-refractivity contribution in [1.82, 2.24) is 14.8 Å². The van der Waals surface area contributed by atoms with Gasteiger partial charge in [0.05, 0.1) is 12.8 Å². The lowest BCUT2D eigenvalue weighted by molar-refractivity contribution is -0.133. The maximum Gasteiger partial charge on any atom is 0.260 e. The smallest absolute Gasteiger partial charge is 0.260 e. The minimum atomic E-state index is 0.0228. The summed E-state index contributed by atoms with van der Waals surface area (Å²) >= 11 is 1.72. The van der Waals surface area contributed by atoms with Gasteiger partial charge in [-0.3, -0.25) is 9.69 Å². The van der Waals surface area contributed by atoms with Crippen molar-refractivity contribution in [2.45, 2.75) is 26.3 Å². The van der Waals surface area contributed by atoms with Crippen LogP contribution in [0.1, 0.15) is 25.5 Å². The molecule has 1 amide bonds. The van der Waals surface area contributed by atoms with E-state index in [1.165, 1.54) is 31.6 Å². The lowest BCUT2D eigenvalue weighted by Gasteiger charge is -2.34. The van der Waals surface area contributed by atoms with Crippen molar-refractivity contribution in [3.63, 3.8) is 0 Å². The summed E-state index contributed by atoms with van der Waals surface area (Å²) in [4.78, 5) is 24.1. The van der Waals surface area contributed by atoms with Gasteiger partial charge in [-0.1, -0.05) is 6.92 Å². The van der Waals surface area contributed by atoms with Crippen LogP contribution in [0.5, 0.6) is 11.5 Å². The number of aromatic nitrogens is 1. The van der Waals surface area contributed by atoms with E-state index >= 15 is 0 Å². The van der Waals surface area contributed by atoms with Crippen LogP contribution in [0.3, 0.4) is 0 Å². The van der Waals surface area contributed by atoms with Gasteiger partial charge in [-0.15, -0.1) is 11.3 Å². The molecule has 168 valence electrons. The first-order valence-electron chi connectivity index (χ1n) is 11.1. The van der Waals surface area contributed by atoms with Gasteiger partial charge in [0.1, 0.15) is 11.5 Å². The molecule has 7 nitrogen and oxygen atoms in total. The molecule has 0 bridgehead atoms. The van der Waals surface area contributed by atoms with E-state index in [0.29, 0.717) is 18.8 Å². The normalized spacial score (nSPS) is 18.3. The maximum atomic E-state index is 12.5. The molecular formula is C23H32N4O3S. The molecule has 31 heavy (non-hydrogen) atoms. The standard InChI is InChI=1S/C23H32N4O3S/c1-18-7-9-25(10-8-18)15-19-17-31-23(24-19)27-13-11-26(12-14-27)22(28)16-30-21-5-3-20(29-2)4-6-21/h3-6,17-18H,7-16H2,1-2H3. The minimum Gasteiger partial charge on any atom is -0.497 e. The Morgan fingerprint density at radius 1 is 1.06 bits per heavy atom. The molecule has 4 rings (SSSR count). The van der Waals surface area contributed by atoms with E-state index < -0.39 is 0 Å². The van der Waals surface area contributed by atoms with Gasteiger partial charge in [0.25, 0.3) is 5.91 Å². The fourth-order valence-electron chi connectivity index (χ4n) is 4.02. The van der Waals surface area contributed by atoms with Crippen LogP contribution in [0.15, 0.2) is 29.6 Å². The van der Waals surface area contributed by atoms with Crippen LogP contribution in [-0.2, 0) is 11.3 Å². The molecule has 0 aliphatic carbocycles. The number of methoxy groups -OCH3 is 1. The predicted molar refractivity (Wildman–Crippen MR) is 123 cm³/mol. The van der Waals surface area contributed by atoms with Gasteiger partial charge >= 0.3 is 0 Å². The molecule has 0 radical (unpaired) electrons. The molecule has 1 aromatic heterocycles. The van der Waals surface area contributed by atoms with Crippen LogP contribution in [0.2, 0.25) is 0 Å². The van der Waals surface area contributed by atoms with E-state index in [-0.39, 0.29) is 12.5 Å². The summed E-state index contributed by atoms with van der Waals surface area (Å²) in [5, 5.41) is 3.26. The Labute approximate surface area is 188 Å². The number of nitrogens with zero attached hydrogens (tertiary/aromatic N) is 4. The molecule has 0 N–H and O–H groups in total. The van der Waals surface area contributed by atoms with Crippen molar-refractivity contribution in [1.29, 1.82) is 0 Å². The number of amides is 1. The molecule has 2 aliphatic rings. The number of thiazole rings is 1. The molecule has 2 aromatic rings. The highest BCUT2D eigenvalue weighted by atomic mass is 32.1. The highest BCUT2D eigenvalue weighted by Crippen LogP contribution is 2.24. The number of carbonyl (C=O) groups is 1. The quantitative estimate of drug-likeness (QED) is 0.654. The first kappa shape index (κ1) is 21.9. The van der Waals surface area contributed by atoms with Crippen LogP contribution >= 0.6 is 11.3 Å². The zero-order valence-corrected chi connectivity index (χ0v) is 19.3. The average molecular weight is 445 g/mol. The Bertz CT molecular complexity index is 841. The molecule has 0 unspecified atom stereocenters. The van der Waals surface area contributed by atoms with Crippen LogP contribution in [0, 0.1) is 5.92 Å². The number of likely N-dealkylation sites (tertiary alicyclic amines) is 1. The number of piperazine rings is 1. The van der Waals surface area contributed by atoms with Gasteiger partial charge in [-0.2, -0.15) is 0 Å². The third kappa shape index (κ3) is 5.89. The number of carbonyl (C=O) groups excluding carboxylic acids is 1. The number of benzene rings is 1. The van der Waals surface area contributed by atoms with E-state index in [9.17, 15) is 4.79 Å². The number of rotatable bonds is 7. The Morgan fingerprint density at radius 2 is 1.74 bits per heavy atom. The summed E-state index contributed by atoms with van der Waals surface area (Å²) in [5.74, 6) is 2.31. The van der Waals surface area contributed by atoms with Crippen molar-refractivity contribution in [3.05, 3.63) is 35.3 Å². The van der Waals surface area contributed by atoms with Crippen molar-refractivity contribution in [2.24, 2.45) is 5.92 Å². The molecule has 0 atom stereocenters. The van der Waals surface area contributed by atoms with Crippen LogP contribution < -0.4 is 14.4 Å². The Hall–Kier alpha value is -2.32. The Kier molecular flexibility index (Phi) is 7.29. The molecular weight excluding hydrogens is 412 g/mol. The molecule has 2 fully saturated rings. The summed E-state index contributed by atoms with van der Waals surface area (Å²) in [7, 11) is 1.63. The molecule has 3 heterocycles. The van der Waals surface area contributed by atoms with Crippen molar-refractivity contribution in [3.8, 4) is 11.5 Å². The number of hydrogen-bond acceptors (Lipinski definition) is 7. The number of anilines is 1. The van der Waals surface area contributed by atoms with Gasteiger partial charge in [0, 0.05) is 38.1 Å². The van der Waals surface area contributed by atoms with E-state index in [1.54, 1.807) is 18.4 Å². The average Bonchev–Trinajstić information content (AvgIpc) is 3.28. The summed E-state index contributed by atoms with van der Waals surface area (Å²) in [6.07, 6.45) is 2.57. The second-order valence-electron chi connectivity index (χ2n) is 8.41. The zero-order chi connectivity index (χ0) is 21.6. The molecule has 1 aromatic carbocycles. The first-order valence-corrected chi connectivity index (χ1v) is 11.9. The van der Waals surface area contributed by atoms with Crippen molar-refractivity contribution < 1.29 is 14.3 Å². The van der Waals surface area contributed by atoms with Crippen LogP contribution in [-0.4, -0.2) is 73.7 Å². The maximum absolute atomic E-state index is 12.5. The number of ether oxygens (including phenoxy) is 2. The zero-order valence-electron chi connectivity index (χ0n) is 18.5. The third-order valence-electron chi connectivity index (χ3n) is 6.13. The van der Waals surface area contributed by atoms with Crippen molar-refractivity contribution in [2.75, 3.05) is 57.9 Å². The molecule has 0 saturated carbocycles. The predicted octanol–water partition coefficient (Wildman–Crippen LogP) is 3.11. The lowest BCUT2D eigenvalue weighted by Crippen LogP contribution is -2.50. The number of hydrogen-bond donors (Lipinski definition) is 0. The Morgan fingerprint density at radius 3 is 2.42 bits per heavy atom. The molecule has 8 heteroatoms. The molecule has 2 saturated heterocycles. The Balaban J connectivity index is 1.21. The second kappa shape index (κ2) is 10.3. The third-order valence-corrected chi connectivity index (χ3v) is 7.08. The van der Waals surface area contributed by atoms with Gasteiger partial charge < -0.3 is 19.3 Å². The summed E-state index contributed by atoms with van der Waals surface area (Å²) < 4.78 is 10.8. The highest BCUT2D eigenvalue weighted by molar-refractivity contribution is 7.13. The fraction of sp³-hybridized carbons (Fsp3) is 0.565. The molecule has 0 spiro atoms. The fourth-order valence-corrected chi connectivity index (χ4v) is 4.89. The minimum absolute atomic E-state index is 0.0228. The van der Waals surface area contributed by atoms with Gasteiger partial charge in [0.2, 0.25) is 0 Å². The van der Waals surface area contributed by atoms with E-state index in [2.05, 4.69) is 22.1 Å². The van der Waals surface area contributed by atoms with E-state index in [1.807, 2.05) is 29.2 Å².